The smallest absolute Gasteiger partial charge is 0.298 e. The quantitative estimate of drug-likeness (QED) is 0.684. The van der Waals surface area contributed by atoms with Gasteiger partial charge in [0.05, 0.1) is 18.2 Å². The van der Waals surface area contributed by atoms with E-state index in [9.17, 15) is 4.79 Å². The molecule has 3 heterocycles. The van der Waals surface area contributed by atoms with Crippen molar-refractivity contribution in [2.45, 2.75) is 25.9 Å². The van der Waals surface area contributed by atoms with E-state index in [4.69, 9.17) is 21.8 Å². The van der Waals surface area contributed by atoms with Crippen LogP contribution >= 0.6 is 11.6 Å². The van der Waals surface area contributed by atoms with Gasteiger partial charge in [0.1, 0.15) is 5.52 Å². The molecule has 1 fully saturated rings. The van der Waals surface area contributed by atoms with Gasteiger partial charge in [-0.2, -0.15) is 4.98 Å². The molecule has 8 heteroatoms. The molecular formula is C20H22ClN5O2. The Hall–Kier alpha value is -2.64. The van der Waals surface area contributed by atoms with Gasteiger partial charge >= 0.3 is 0 Å². The molecule has 4 rings (SSSR count). The first-order chi connectivity index (χ1) is 13.6. The Morgan fingerprint density at radius 1 is 1.36 bits per heavy atom. The summed E-state index contributed by atoms with van der Waals surface area (Å²) in [5.41, 5.74) is 8.87. The van der Waals surface area contributed by atoms with Gasteiger partial charge < -0.3 is 20.4 Å². The summed E-state index contributed by atoms with van der Waals surface area (Å²) < 4.78 is 5.85. The summed E-state index contributed by atoms with van der Waals surface area (Å²) in [7, 11) is 0. The molecule has 0 spiro atoms. The van der Waals surface area contributed by atoms with Crippen LogP contribution in [0.5, 0.6) is 0 Å². The minimum Gasteiger partial charge on any atom is -0.423 e. The fourth-order valence-electron chi connectivity index (χ4n) is 3.46. The zero-order valence-corrected chi connectivity index (χ0v) is 16.2. The van der Waals surface area contributed by atoms with Crippen molar-refractivity contribution < 1.29 is 9.21 Å². The van der Waals surface area contributed by atoms with Gasteiger partial charge in [0.25, 0.3) is 6.01 Å². The summed E-state index contributed by atoms with van der Waals surface area (Å²) in [6.45, 7) is 2.23. The number of hydrogen-bond donors (Lipinski definition) is 2. The highest BCUT2D eigenvalue weighted by atomic mass is 35.5. The molecule has 1 saturated heterocycles. The van der Waals surface area contributed by atoms with Crippen molar-refractivity contribution in [3.05, 3.63) is 52.8 Å². The maximum absolute atomic E-state index is 12.7. The van der Waals surface area contributed by atoms with E-state index >= 15 is 0 Å². The van der Waals surface area contributed by atoms with Crippen LogP contribution in [0.4, 0.5) is 6.01 Å². The van der Waals surface area contributed by atoms with Gasteiger partial charge in [0, 0.05) is 30.9 Å². The Balaban J connectivity index is 1.40. The van der Waals surface area contributed by atoms with Crippen LogP contribution in [0.25, 0.3) is 11.1 Å². The monoisotopic (exact) mass is 399 g/mol. The van der Waals surface area contributed by atoms with Crippen LogP contribution in [0.15, 0.2) is 40.9 Å². The summed E-state index contributed by atoms with van der Waals surface area (Å²) >= 11 is 6.02. The van der Waals surface area contributed by atoms with E-state index in [1.54, 1.807) is 18.3 Å². The first-order valence-electron chi connectivity index (χ1n) is 9.35. The molecule has 146 valence electrons. The SMILES string of the molecule is NCc1ccnc(CNC(=O)C2CCCN(c3nc4cc(Cl)ccc4o3)C2)c1. The number of amides is 1. The molecule has 1 aromatic carbocycles. The summed E-state index contributed by atoms with van der Waals surface area (Å²) in [5.74, 6) is -0.103. The molecule has 0 radical (unpaired) electrons. The zero-order chi connectivity index (χ0) is 19.5. The predicted octanol–water partition coefficient (Wildman–Crippen LogP) is 2.87. The van der Waals surface area contributed by atoms with Crippen LogP contribution < -0.4 is 16.0 Å². The summed E-state index contributed by atoms with van der Waals surface area (Å²) in [4.78, 5) is 23.5. The summed E-state index contributed by atoms with van der Waals surface area (Å²) in [6, 6.07) is 9.69. The standard InChI is InChI=1S/C20H22ClN5O2/c21-15-3-4-18-17(9-15)25-20(28-18)26-7-1-2-14(12-26)19(27)24-11-16-8-13(10-22)5-6-23-16/h3-6,8-9,14H,1-2,7,10-12,22H2,(H,24,27). The van der Waals surface area contributed by atoms with Gasteiger partial charge in [-0.15, -0.1) is 0 Å². The number of nitrogens with two attached hydrogens (primary N) is 1. The van der Waals surface area contributed by atoms with E-state index in [-0.39, 0.29) is 11.8 Å². The van der Waals surface area contributed by atoms with Gasteiger partial charge in [0.15, 0.2) is 5.58 Å². The lowest BCUT2D eigenvalue weighted by atomic mass is 9.97. The molecule has 3 aromatic rings. The molecule has 0 saturated carbocycles. The average molecular weight is 400 g/mol. The summed E-state index contributed by atoms with van der Waals surface area (Å²) in [6.07, 6.45) is 3.45. The molecule has 1 aliphatic heterocycles. The lowest BCUT2D eigenvalue weighted by Crippen LogP contribution is -2.43. The largest absolute Gasteiger partial charge is 0.423 e. The zero-order valence-electron chi connectivity index (χ0n) is 15.4. The van der Waals surface area contributed by atoms with E-state index < -0.39 is 0 Å². The maximum Gasteiger partial charge on any atom is 0.298 e. The van der Waals surface area contributed by atoms with E-state index in [1.807, 2.05) is 23.1 Å². The van der Waals surface area contributed by atoms with Crippen LogP contribution in [0.1, 0.15) is 24.1 Å². The Labute approximate surface area is 167 Å². The van der Waals surface area contributed by atoms with Gasteiger partial charge in [0.2, 0.25) is 5.91 Å². The second-order valence-corrected chi connectivity index (χ2v) is 7.41. The van der Waals surface area contributed by atoms with Crippen LogP contribution in [-0.2, 0) is 17.9 Å². The number of piperidine rings is 1. The number of halogens is 1. The second-order valence-electron chi connectivity index (χ2n) is 6.97. The molecular weight excluding hydrogens is 378 g/mol. The van der Waals surface area contributed by atoms with Crippen LogP contribution in [-0.4, -0.2) is 29.0 Å². The van der Waals surface area contributed by atoms with Gasteiger partial charge in [-0.3, -0.25) is 9.78 Å². The number of pyridine rings is 1. The number of benzene rings is 1. The molecule has 1 atom stereocenters. The Morgan fingerprint density at radius 3 is 3.11 bits per heavy atom. The normalized spacial score (nSPS) is 17.1. The Morgan fingerprint density at radius 2 is 2.25 bits per heavy atom. The number of carbonyl (C=O) groups excluding carboxylic acids is 1. The highest BCUT2D eigenvalue weighted by Crippen LogP contribution is 2.28. The molecule has 3 N–H and O–H groups in total. The fourth-order valence-corrected chi connectivity index (χ4v) is 3.63. The van der Waals surface area contributed by atoms with Gasteiger partial charge in [-0.25, -0.2) is 0 Å². The van der Waals surface area contributed by atoms with E-state index in [1.165, 1.54) is 0 Å². The number of nitrogens with zero attached hydrogens (tertiary/aromatic N) is 3. The van der Waals surface area contributed by atoms with Crippen molar-refractivity contribution in [1.82, 2.24) is 15.3 Å². The molecule has 28 heavy (non-hydrogen) atoms. The Kier molecular flexibility index (Phi) is 5.45. The van der Waals surface area contributed by atoms with Crippen LogP contribution in [0.2, 0.25) is 5.02 Å². The predicted molar refractivity (Wildman–Crippen MR) is 108 cm³/mol. The van der Waals surface area contributed by atoms with Gasteiger partial charge in [-0.05, 0) is 48.7 Å². The number of aromatic nitrogens is 2. The molecule has 1 unspecified atom stereocenters. The number of oxazole rings is 1. The van der Waals surface area contributed by atoms with Crippen molar-refractivity contribution in [3.8, 4) is 0 Å². The van der Waals surface area contributed by atoms with Gasteiger partial charge in [-0.1, -0.05) is 11.6 Å². The van der Waals surface area contributed by atoms with Crippen molar-refractivity contribution in [2.75, 3.05) is 18.0 Å². The van der Waals surface area contributed by atoms with Crippen molar-refractivity contribution in [3.63, 3.8) is 0 Å². The first-order valence-corrected chi connectivity index (χ1v) is 9.73. The van der Waals surface area contributed by atoms with E-state index in [0.29, 0.717) is 36.3 Å². The average Bonchev–Trinajstić information content (AvgIpc) is 3.15. The number of rotatable bonds is 5. The Bertz CT molecular complexity index is 990. The number of hydrogen-bond acceptors (Lipinski definition) is 6. The number of fused-ring (bicyclic) bond motifs is 1. The highest BCUT2D eigenvalue weighted by molar-refractivity contribution is 6.31. The maximum atomic E-state index is 12.7. The van der Waals surface area contributed by atoms with Crippen molar-refractivity contribution in [1.29, 1.82) is 0 Å². The third kappa shape index (κ3) is 4.10. The molecule has 2 aromatic heterocycles. The first kappa shape index (κ1) is 18.7. The lowest BCUT2D eigenvalue weighted by Gasteiger charge is -2.30. The fraction of sp³-hybridized carbons (Fsp3) is 0.350. The summed E-state index contributed by atoms with van der Waals surface area (Å²) in [5, 5.41) is 3.61. The topological polar surface area (TPSA) is 97.3 Å². The minimum atomic E-state index is -0.120. The molecule has 1 aliphatic rings. The highest BCUT2D eigenvalue weighted by Gasteiger charge is 2.28. The minimum absolute atomic E-state index is 0.0174. The second kappa shape index (κ2) is 8.16. The van der Waals surface area contributed by atoms with Crippen LogP contribution in [0.3, 0.4) is 0 Å². The molecule has 1 amide bonds. The third-order valence-corrected chi connectivity index (χ3v) is 5.20. The number of nitrogens with one attached hydrogen (secondary N) is 1. The van der Waals surface area contributed by atoms with Crippen LogP contribution in [0, 0.1) is 5.92 Å². The molecule has 0 aliphatic carbocycles. The van der Waals surface area contributed by atoms with Crippen molar-refractivity contribution >= 4 is 34.6 Å². The van der Waals surface area contributed by atoms with E-state index in [0.717, 1.165) is 36.2 Å². The third-order valence-electron chi connectivity index (χ3n) is 4.96. The molecule has 7 nitrogen and oxygen atoms in total. The van der Waals surface area contributed by atoms with E-state index in [2.05, 4.69) is 15.3 Å². The molecule has 0 bridgehead atoms. The van der Waals surface area contributed by atoms with Crippen molar-refractivity contribution in [2.24, 2.45) is 11.7 Å². The number of anilines is 1. The lowest BCUT2D eigenvalue weighted by molar-refractivity contribution is -0.125. The number of carbonyl (C=O) groups is 1.